The largest absolute Gasteiger partial charge is 0.494 e. The number of carbonyl (C=O) groups excluding carboxylic acids is 1. The van der Waals surface area contributed by atoms with Gasteiger partial charge in [0.05, 0.1) is 17.6 Å². The van der Waals surface area contributed by atoms with Gasteiger partial charge in [0.25, 0.3) is 5.91 Å². The zero-order chi connectivity index (χ0) is 25.3. The van der Waals surface area contributed by atoms with Gasteiger partial charge in [0.1, 0.15) is 11.6 Å². The molecule has 6 heteroatoms. The van der Waals surface area contributed by atoms with Gasteiger partial charge < -0.3 is 14.6 Å². The lowest BCUT2D eigenvalue weighted by Gasteiger charge is -2.11. The molecule has 0 radical (unpaired) electrons. The Labute approximate surface area is 218 Å². The van der Waals surface area contributed by atoms with Crippen molar-refractivity contribution in [3.8, 4) is 5.75 Å². The number of aromatic nitrogens is 2. The van der Waals surface area contributed by atoms with Gasteiger partial charge in [-0.1, -0.05) is 36.2 Å². The highest BCUT2D eigenvalue weighted by atomic mass is 35.5. The van der Waals surface area contributed by atoms with Crippen molar-refractivity contribution in [2.75, 3.05) is 13.2 Å². The van der Waals surface area contributed by atoms with Crippen LogP contribution in [0.15, 0.2) is 66.7 Å². The number of hydrogen-bond donors (Lipinski definition) is 1. The number of para-hydroxylation sites is 2. The number of aryl methyl sites for hydroxylation is 4. The molecule has 0 saturated heterocycles. The summed E-state index contributed by atoms with van der Waals surface area (Å²) in [5.74, 6) is 1.99. The van der Waals surface area contributed by atoms with Crippen LogP contribution in [-0.2, 0) is 13.0 Å². The smallest absolute Gasteiger partial charge is 0.251 e. The molecule has 188 valence electrons. The lowest BCUT2D eigenvalue weighted by molar-refractivity contribution is 0.0953. The minimum atomic E-state index is -0.0588. The summed E-state index contributed by atoms with van der Waals surface area (Å²) in [5.41, 5.74) is 5.38. The molecule has 1 N–H and O–H groups in total. The summed E-state index contributed by atoms with van der Waals surface area (Å²) in [7, 11) is 0. The number of imidazole rings is 1. The van der Waals surface area contributed by atoms with Crippen molar-refractivity contribution < 1.29 is 9.53 Å². The van der Waals surface area contributed by atoms with Crippen LogP contribution in [0.1, 0.15) is 53.0 Å². The number of unbranched alkanes of at least 4 members (excludes halogenated alkanes) is 2. The second-order valence-corrected chi connectivity index (χ2v) is 9.63. The van der Waals surface area contributed by atoms with E-state index in [0.29, 0.717) is 23.7 Å². The van der Waals surface area contributed by atoms with Crippen molar-refractivity contribution >= 4 is 28.5 Å². The van der Waals surface area contributed by atoms with Crippen LogP contribution in [-0.4, -0.2) is 28.6 Å². The van der Waals surface area contributed by atoms with Gasteiger partial charge in [-0.25, -0.2) is 4.98 Å². The van der Waals surface area contributed by atoms with Crippen LogP contribution < -0.4 is 10.1 Å². The van der Waals surface area contributed by atoms with Crippen molar-refractivity contribution in [1.82, 2.24) is 14.9 Å². The predicted molar refractivity (Wildman–Crippen MR) is 147 cm³/mol. The third-order valence-corrected chi connectivity index (χ3v) is 6.73. The van der Waals surface area contributed by atoms with Gasteiger partial charge in [0.15, 0.2) is 0 Å². The maximum absolute atomic E-state index is 12.2. The molecule has 36 heavy (non-hydrogen) atoms. The minimum Gasteiger partial charge on any atom is -0.494 e. The molecule has 4 rings (SSSR count). The van der Waals surface area contributed by atoms with E-state index in [1.807, 2.05) is 12.1 Å². The van der Waals surface area contributed by atoms with Crippen LogP contribution in [0, 0.1) is 13.8 Å². The molecule has 1 amide bonds. The minimum absolute atomic E-state index is 0.0588. The second-order valence-electron chi connectivity index (χ2n) is 9.19. The fourth-order valence-electron chi connectivity index (χ4n) is 4.27. The van der Waals surface area contributed by atoms with E-state index >= 15 is 0 Å². The van der Waals surface area contributed by atoms with Gasteiger partial charge in [-0.2, -0.15) is 0 Å². The standard InChI is InChI=1S/C30H34ClN3O2/c1-22-12-17-26(21-23(22)2)36-20-8-19-34-28-10-6-5-9-27(28)33-29(34)11-4-3-7-18-32-30(35)24-13-15-25(31)16-14-24/h5-6,9-10,12-17,21H,3-4,7-8,11,18-20H2,1-2H3,(H,32,35). The zero-order valence-corrected chi connectivity index (χ0v) is 21.9. The SMILES string of the molecule is Cc1ccc(OCCCn2c(CCCCCNC(=O)c3ccc(Cl)cc3)nc3ccccc32)cc1C. The van der Waals surface area contributed by atoms with Crippen LogP contribution in [0.25, 0.3) is 11.0 Å². The number of halogens is 1. The van der Waals surface area contributed by atoms with Crippen molar-refractivity contribution in [3.05, 3.63) is 94.3 Å². The fraction of sp³-hybridized carbons (Fsp3) is 0.333. The monoisotopic (exact) mass is 503 g/mol. The summed E-state index contributed by atoms with van der Waals surface area (Å²) in [6.07, 6.45) is 4.82. The first-order valence-corrected chi connectivity index (χ1v) is 13.1. The maximum atomic E-state index is 12.2. The van der Waals surface area contributed by atoms with Gasteiger partial charge in [0, 0.05) is 30.1 Å². The van der Waals surface area contributed by atoms with Gasteiger partial charge in [-0.3, -0.25) is 4.79 Å². The summed E-state index contributed by atoms with van der Waals surface area (Å²) in [4.78, 5) is 17.1. The highest BCUT2D eigenvalue weighted by Crippen LogP contribution is 2.20. The Kier molecular flexibility index (Phi) is 9.01. The van der Waals surface area contributed by atoms with Crippen molar-refractivity contribution in [1.29, 1.82) is 0 Å². The Morgan fingerprint density at radius 3 is 2.56 bits per heavy atom. The first-order valence-electron chi connectivity index (χ1n) is 12.7. The van der Waals surface area contributed by atoms with Crippen LogP contribution in [0.4, 0.5) is 0 Å². The average Bonchev–Trinajstić information content (AvgIpc) is 3.23. The number of benzene rings is 3. The first kappa shape index (κ1) is 25.8. The van der Waals surface area contributed by atoms with Crippen molar-refractivity contribution in [3.63, 3.8) is 0 Å². The number of rotatable bonds is 12. The Hall–Kier alpha value is -3.31. The molecule has 1 aromatic heterocycles. The van der Waals surface area contributed by atoms with Gasteiger partial charge in [-0.05, 0) is 92.8 Å². The number of nitrogens with zero attached hydrogens (tertiary/aromatic N) is 2. The molecule has 5 nitrogen and oxygen atoms in total. The van der Waals surface area contributed by atoms with Crippen LogP contribution in [0.2, 0.25) is 5.02 Å². The number of fused-ring (bicyclic) bond motifs is 1. The molecule has 0 unspecified atom stereocenters. The van der Waals surface area contributed by atoms with Crippen molar-refractivity contribution in [2.45, 2.75) is 52.5 Å². The Morgan fingerprint density at radius 1 is 0.944 bits per heavy atom. The Balaban J connectivity index is 1.24. The topological polar surface area (TPSA) is 56.1 Å². The number of ether oxygens (including phenoxy) is 1. The lowest BCUT2D eigenvalue weighted by Crippen LogP contribution is -2.24. The van der Waals surface area contributed by atoms with Crippen LogP contribution in [0.5, 0.6) is 5.75 Å². The van der Waals surface area contributed by atoms with E-state index in [9.17, 15) is 4.79 Å². The summed E-state index contributed by atoms with van der Waals surface area (Å²) >= 11 is 5.89. The molecule has 3 aromatic carbocycles. The molecule has 0 fully saturated rings. The zero-order valence-electron chi connectivity index (χ0n) is 21.1. The van der Waals surface area contributed by atoms with E-state index in [4.69, 9.17) is 21.3 Å². The summed E-state index contributed by atoms with van der Waals surface area (Å²) in [6.45, 7) is 6.43. The number of nitrogens with one attached hydrogen (secondary N) is 1. The third kappa shape index (κ3) is 6.88. The van der Waals surface area contributed by atoms with Crippen LogP contribution >= 0.6 is 11.6 Å². The molecule has 0 aliphatic heterocycles. The van der Waals surface area contributed by atoms with Gasteiger partial charge in [-0.15, -0.1) is 0 Å². The molecular weight excluding hydrogens is 470 g/mol. The molecule has 1 heterocycles. The number of amides is 1. The molecule has 0 spiro atoms. The molecule has 0 aliphatic rings. The van der Waals surface area contributed by atoms with E-state index in [2.05, 4.69) is 54.1 Å². The van der Waals surface area contributed by atoms with E-state index in [0.717, 1.165) is 55.7 Å². The van der Waals surface area contributed by atoms with Gasteiger partial charge >= 0.3 is 0 Å². The average molecular weight is 504 g/mol. The lowest BCUT2D eigenvalue weighted by atomic mass is 10.1. The van der Waals surface area contributed by atoms with E-state index in [1.54, 1.807) is 24.3 Å². The van der Waals surface area contributed by atoms with Crippen molar-refractivity contribution in [2.24, 2.45) is 0 Å². The Bertz CT molecular complexity index is 1300. The highest BCUT2D eigenvalue weighted by molar-refractivity contribution is 6.30. The molecular formula is C30H34ClN3O2. The van der Waals surface area contributed by atoms with Crippen LogP contribution in [0.3, 0.4) is 0 Å². The van der Waals surface area contributed by atoms with Gasteiger partial charge in [0.2, 0.25) is 0 Å². The third-order valence-electron chi connectivity index (χ3n) is 6.48. The number of carbonyl (C=O) groups is 1. The summed E-state index contributed by atoms with van der Waals surface area (Å²) in [5, 5.41) is 3.62. The Morgan fingerprint density at radius 2 is 1.75 bits per heavy atom. The first-order chi connectivity index (χ1) is 17.5. The molecule has 0 atom stereocenters. The molecule has 0 aliphatic carbocycles. The summed E-state index contributed by atoms with van der Waals surface area (Å²) in [6, 6.07) is 21.5. The normalized spacial score (nSPS) is 11.1. The molecule has 4 aromatic rings. The fourth-order valence-corrected chi connectivity index (χ4v) is 4.40. The summed E-state index contributed by atoms with van der Waals surface area (Å²) < 4.78 is 8.33. The van der Waals surface area contributed by atoms with E-state index in [1.165, 1.54) is 16.6 Å². The predicted octanol–water partition coefficient (Wildman–Crippen LogP) is 6.92. The second kappa shape index (κ2) is 12.6. The van der Waals surface area contributed by atoms with E-state index < -0.39 is 0 Å². The highest BCUT2D eigenvalue weighted by Gasteiger charge is 2.10. The molecule has 0 saturated carbocycles. The number of hydrogen-bond acceptors (Lipinski definition) is 3. The van der Waals surface area contributed by atoms with E-state index in [-0.39, 0.29) is 5.91 Å². The maximum Gasteiger partial charge on any atom is 0.251 e. The quantitative estimate of drug-likeness (QED) is 0.213. The molecule has 0 bridgehead atoms.